The Kier molecular flexibility index (Phi) is 5.98. The predicted octanol–water partition coefficient (Wildman–Crippen LogP) is 3.68. The molecule has 26 heavy (non-hydrogen) atoms. The van der Waals surface area contributed by atoms with Crippen molar-refractivity contribution in [3.63, 3.8) is 0 Å². The number of halogens is 2. The van der Waals surface area contributed by atoms with Crippen molar-refractivity contribution >= 4 is 45.2 Å². The third-order valence-corrected chi connectivity index (χ3v) is 6.35. The summed E-state index contributed by atoms with van der Waals surface area (Å²) in [6, 6.07) is 11.1. The quantitative estimate of drug-likeness (QED) is 0.768. The minimum absolute atomic E-state index is 0.169. The topological polar surface area (TPSA) is 58.2 Å². The zero-order chi connectivity index (χ0) is 18.7. The molecule has 0 saturated carbocycles. The van der Waals surface area contributed by atoms with E-state index in [-0.39, 0.29) is 22.9 Å². The Morgan fingerprint density at radius 1 is 1.31 bits per heavy atom. The highest BCUT2D eigenvalue weighted by atomic mass is 79.9. The Morgan fingerprint density at radius 2 is 2.04 bits per heavy atom. The molecule has 1 fully saturated rings. The van der Waals surface area contributed by atoms with E-state index in [2.05, 4.69) is 26.6 Å². The lowest BCUT2D eigenvalue weighted by Gasteiger charge is -2.28. The molecule has 0 bridgehead atoms. The van der Waals surface area contributed by atoms with Gasteiger partial charge in [0.1, 0.15) is 11.9 Å². The molecule has 0 spiro atoms. The highest BCUT2D eigenvalue weighted by Crippen LogP contribution is 2.24. The van der Waals surface area contributed by atoms with Gasteiger partial charge in [-0.1, -0.05) is 28.1 Å². The Hall–Kier alpha value is -1.86. The van der Waals surface area contributed by atoms with Gasteiger partial charge in [0.25, 0.3) is 0 Å². The smallest absolute Gasteiger partial charge is 0.247 e. The Morgan fingerprint density at radius 3 is 2.69 bits per heavy atom. The number of hydrogen-bond acceptors (Lipinski definition) is 3. The summed E-state index contributed by atoms with van der Waals surface area (Å²) in [5, 5.41) is 5.35. The summed E-state index contributed by atoms with van der Waals surface area (Å²) in [4.78, 5) is 24.8. The molecule has 3 rings (SSSR count). The average molecular weight is 437 g/mol. The number of amides is 2. The highest BCUT2D eigenvalue weighted by Gasteiger charge is 2.32. The number of aryl methyl sites for hydroxylation is 1. The molecule has 136 valence electrons. The number of hydrogen-bond donors (Lipinski definition) is 2. The molecule has 1 heterocycles. The summed E-state index contributed by atoms with van der Waals surface area (Å²) in [5.74, 6) is -0.196. The predicted molar refractivity (Wildman–Crippen MR) is 106 cm³/mol. The second-order valence-corrected chi connectivity index (χ2v) is 8.26. The van der Waals surface area contributed by atoms with E-state index in [1.165, 1.54) is 23.9 Å². The minimum atomic E-state index is -0.569. The number of nitrogens with one attached hydrogen (secondary N) is 2. The maximum Gasteiger partial charge on any atom is 0.247 e. The first-order valence-corrected chi connectivity index (χ1v) is 10.00. The summed E-state index contributed by atoms with van der Waals surface area (Å²) < 4.78 is 13.9. The standard InChI is InChI=1S/C19H18BrFN2O2S/c1-11-8-14(6-7-15(11)20)22-18(24)16-10-26-17(19(25)23-16)9-12-2-4-13(21)5-3-12/h2-8,16-17H,9-10H2,1H3,(H,22,24)(H,23,25)/t16-,17-/m1/s1. The first kappa shape index (κ1) is 18.9. The van der Waals surface area contributed by atoms with Gasteiger partial charge in [0.2, 0.25) is 11.8 Å². The van der Waals surface area contributed by atoms with Crippen LogP contribution in [0.2, 0.25) is 0 Å². The molecule has 7 heteroatoms. The number of anilines is 1. The van der Waals surface area contributed by atoms with Gasteiger partial charge >= 0.3 is 0 Å². The van der Waals surface area contributed by atoms with E-state index in [0.717, 1.165) is 15.6 Å². The lowest BCUT2D eigenvalue weighted by atomic mass is 10.1. The van der Waals surface area contributed by atoms with Gasteiger partial charge < -0.3 is 10.6 Å². The SMILES string of the molecule is Cc1cc(NC(=O)[C@H]2CS[C@H](Cc3ccc(F)cc3)C(=O)N2)ccc1Br. The molecule has 4 nitrogen and oxygen atoms in total. The third kappa shape index (κ3) is 4.65. The number of carbonyl (C=O) groups is 2. The number of carbonyl (C=O) groups excluding carboxylic acids is 2. The van der Waals surface area contributed by atoms with Gasteiger partial charge in [-0.05, 0) is 54.8 Å². The highest BCUT2D eigenvalue weighted by molar-refractivity contribution is 9.10. The summed E-state index contributed by atoms with van der Waals surface area (Å²) in [6.07, 6.45) is 0.511. The second kappa shape index (κ2) is 8.22. The van der Waals surface area contributed by atoms with Crippen molar-refractivity contribution in [3.8, 4) is 0 Å². The molecular formula is C19H18BrFN2O2S. The summed E-state index contributed by atoms with van der Waals surface area (Å²) in [5.41, 5.74) is 2.61. The summed E-state index contributed by atoms with van der Waals surface area (Å²) >= 11 is 4.87. The first-order chi connectivity index (χ1) is 12.4. The van der Waals surface area contributed by atoms with Gasteiger partial charge in [-0.25, -0.2) is 4.39 Å². The third-order valence-electron chi connectivity index (χ3n) is 4.15. The van der Waals surface area contributed by atoms with Crippen LogP contribution in [0.15, 0.2) is 46.9 Å². The normalized spacial score (nSPS) is 19.7. The molecule has 0 aliphatic carbocycles. The van der Waals surface area contributed by atoms with Crippen LogP contribution in [-0.2, 0) is 16.0 Å². The molecule has 2 atom stereocenters. The van der Waals surface area contributed by atoms with Crippen molar-refractivity contribution in [2.45, 2.75) is 24.6 Å². The lowest BCUT2D eigenvalue weighted by molar-refractivity contribution is -0.126. The van der Waals surface area contributed by atoms with E-state index in [1.54, 1.807) is 12.1 Å². The minimum Gasteiger partial charge on any atom is -0.343 e. The molecule has 2 N–H and O–H groups in total. The Bertz CT molecular complexity index is 829. The molecule has 1 aliphatic rings. The molecule has 2 aromatic carbocycles. The number of thioether (sulfide) groups is 1. The summed E-state index contributed by atoms with van der Waals surface area (Å²) in [7, 11) is 0. The maximum atomic E-state index is 13.0. The maximum absolute atomic E-state index is 13.0. The fraction of sp³-hybridized carbons (Fsp3) is 0.263. The fourth-order valence-corrected chi connectivity index (χ4v) is 4.11. The van der Waals surface area contributed by atoms with Gasteiger partial charge in [-0.3, -0.25) is 9.59 Å². The fourth-order valence-electron chi connectivity index (χ4n) is 2.67. The summed E-state index contributed by atoms with van der Waals surface area (Å²) in [6.45, 7) is 1.94. The van der Waals surface area contributed by atoms with Gasteiger partial charge in [0.15, 0.2) is 0 Å². The van der Waals surface area contributed by atoms with Crippen molar-refractivity contribution in [2.24, 2.45) is 0 Å². The van der Waals surface area contributed by atoms with Crippen LogP contribution in [0.5, 0.6) is 0 Å². The van der Waals surface area contributed by atoms with E-state index < -0.39 is 6.04 Å². The number of benzene rings is 2. The first-order valence-electron chi connectivity index (χ1n) is 8.16. The van der Waals surface area contributed by atoms with Crippen LogP contribution in [0, 0.1) is 12.7 Å². The average Bonchev–Trinajstić information content (AvgIpc) is 2.61. The monoisotopic (exact) mass is 436 g/mol. The second-order valence-electron chi connectivity index (χ2n) is 6.17. The molecule has 1 aliphatic heterocycles. The molecule has 0 radical (unpaired) electrons. The van der Waals surface area contributed by atoms with E-state index in [0.29, 0.717) is 17.9 Å². The molecule has 0 aromatic heterocycles. The Labute approximate surface area is 164 Å². The zero-order valence-corrected chi connectivity index (χ0v) is 16.5. The van der Waals surface area contributed by atoms with E-state index in [9.17, 15) is 14.0 Å². The van der Waals surface area contributed by atoms with Crippen LogP contribution in [0.4, 0.5) is 10.1 Å². The van der Waals surface area contributed by atoms with Crippen LogP contribution in [-0.4, -0.2) is 28.9 Å². The van der Waals surface area contributed by atoms with Gasteiger partial charge in [-0.2, -0.15) is 0 Å². The Balaban J connectivity index is 1.57. The largest absolute Gasteiger partial charge is 0.343 e. The van der Waals surface area contributed by atoms with Crippen molar-refractivity contribution in [1.82, 2.24) is 5.32 Å². The number of rotatable bonds is 4. The molecule has 2 aromatic rings. The van der Waals surface area contributed by atoms with E-state index in [4.69, 9.17) is 0 Å². The lowest BCUT2D eigenvalue weighted by Crippen LogP contribution is -2.52. The van der Waals surface area contributed by atoms with Crippen LogP contribution in [0.25, 0.3) is 0 Å². The van der Waals surface area contributed by atoms with Gasteiger partial charge in [0, 0.05) is 15.9 Å². The van der Waals surface area contributed by atoms with Gasteiger partial charge in [0.05, 0.1) is 5.25 Å². The van der Waals surface area contributed by atoms with Crippen LogP contribution in [0.1, 0.15) is 11.1 Å². The van der Waals surface area contributed by atoms with Crippen LogP contribution < -0.4 is 10.6 Å². The van der Waals surface area contributed by atoms with Crippen molar-refractivity contribution in [1.29, 1.82) is 0 Å². The zero-order valence-electron chi connectivity index (χ0n) is 14.1. The van der Waals surface area contributed by atoms with Crippen LogP contribution >= 0.6 is 27.7 Å². The van der Waals surface area contributed by atoms with Crippen molar-refractivity contribution in [2.75, 3.05) is 11.1 Å². The van der Waals surface area contributed by atoms with Crippen molar-refractivity contribution < 1.29 is 14.0 Å². The molecular weight excluding hydrogens is 419 g/mol. The van der Waals surface area contributed by atoms with E-state index in [1.807, 2.05) is 25.1 Å². The van der Waals surface area contributed by atoms with Crippen LogP contribution in [0.3, 0.4) is 0 Å². The molecule has 1 saturated heterocycles. The molecule has 2 amide bonds. The van der Waals surface area contributed by atoms with E-state index >= 15 is 0 Å². The molecule has 0 unspecified atom stereocenters. The van der Waals surface area contributed by atoms with Crippen molar-refractivity contribution in [3.05, 3.63) is 63.9 Å². The van der Waals surface area contributed by atoms with Gasteiger partial charge in [-0.15, -0.1) is 11.8 Å².